The molecule has 0 unspecified atom stereocenters. The number of hydrogen-bond donors (Lipinski definition) is 2. The van der Waals surface area contributed by atoms with Gasteiger partial charge in [0.2, 0.25) is 11.8 Å². The number of rotatable bonds is 7. The van der Waals surface area contributed by atoms with Crippen molar-refractivity contribution in [2.75, 3.05) is 19.6 Å². The number of likely N-dealkylation sites (tertiary alicyclic amines) is 1. The Morgan fingerprint density at radius 1 is 1.36 bits per heavy atom. The Hall–Kier alpha value is -1.11. The molecule has 142 valence electrons. The summed E-state index contributed by atoms with van der Waals surface area (Å²) in [7, 11) is 0. The topological polar surface area (TPSA) is 75.4 Å². The maximum absolute atomic E-state index is 12.3. The summed E-state index contributed by atoms with van der Waals surface area (Å²) >= 11 is 1.71. The first-order valence-electron chi connectivity index (χ1n) is 8.81. The van der Waals surface area contributed by atoms with Gasteiger partial charge in [0.1, 0.15) is 0 Å². The molecular weight excluding hydrogens is 358 g/mol. The zero-order valence-corrected chi connectivity index (χ0v) is 16.7. The molecule has 1 atom stereocenters. The summed E-state index contributed by atoms with van der Waals surface area (Å²) in [5.41, 5.74) is 5.99. The van der Waals surface area contributed by atoms with Crippen molar-refractivity contribution in [1.29, 1.82) is 0 Å². The van der Waals surface area contributed by atoms with Crippen molar-refractivity contribution in [2.45, 2.75) is 45.6 Å². The minimum Gasteiger partial charge on any atom is -0.355 e. The SMILES string of the molecule is CC(C)C[C@H](N)C(=O)N1CCC(C(=O)NCCc2cccs2)CC1.Cl. The molecule has 0 saturated carbocycles. The molecule has 2 amide bonds. The highest BCUT2D eigenvalue weighted by molar-refractivity contribution is 7.09. The largest absolute Gasteiger partial charge is 0.355 e. The second kappa shape index (κ2) is 10.8. The van der Waals surface area contributed by atoms with E-state index in [4.69, 9.17) is 5.73 Å². The third kappa shape index (κ3) is 6.96. The van der Waals surface area contributed by atoms with E-state index in [1.807, 2.05) is 16.3 Å². The van der Waals surface area contributed by atoms with Crippen LogP contribution in [0.2, 0.25) is 0 Å². The molecule has 7 heteroatoms. The van der Waals surface area contributed by atoms with E-state index in [2.05, 4.69) is 25.2 Å². The number of amides is 2. The van der Waals surface area contributed by atoms with Gasteiger partial charge in [-0.3, -0.25) is 9.59 Å². The predicted molar refractivity (Wildman–Crippen MR) is 105 cm³/mol. The third-order valence-corrected chi connectivity index (χ3v) is 5.41. The van der Waals surface area contributed by atoms with Crippen LogP contribution in [-0.2, 0) is 16.0 Å². The fourth-order valence-corrected chi connectivity index (χ4v) is 3.82. The molecule has 2 heterocycles. The molecule has 0 aliphatic carbocycles. The van der Waals surface area contributed by atoms with Gasteiger partial charge in [0.15, 0.2) is 0 Å². The number of nitrogens with two attached hydrogens (primary N) is 1. The zero-order chi connectivity index (χ0) is 17.5. The Balaban J connectivity index is 0.00000312. The van der Waals surface area contributed by atoms with Crippen molar-refractivity contribution in [1.82, 2.24) is 10.2 Å². The summed E-state index contributed by atoms with van der Waals surface area (Å²) in [6.45, 7) is 6.08. The number of halogens is 1. The van der Waals surface area contributed by atoms with Crippen LogP contribution in [0.4, 0.5) is 0 Å². The fourth-order valence-electron chi connectivity index (χ4n) is 3.11. The number of carbonyl (C=O) groups is 2. The van der Waals surface area contributed by atoms with Crippen LogP contribution in [0.3, 0.4) is 0 Å². The number of hydrogen-bond acceptors (Lipinski definition) is 4. The van der Waals surface area contributed by atoms with Gasteiger partial charge < -0.3 is 16.0 Å². The highest BCUT2D eigenvalue weighted by Crippen LogP contribution is 2.19. The first-order chi connectivity index (χ1) is 11.5. The summed E-state index contributed by atoms with van der Waals surface area (Å²) in [5.74, 6) is 0.569. The van der Waals surface area contributed by atoms with Crippen LogP contribution in [-0.4, -0.2) is 42.4 Å². The third-order valence-electron chi connectivity index (χ3n) is 4.47. The van der Waals surface area contributed by atoms with Crippen LogP contribution in [0.1, 0.15) is 38.0 Å². The highest BCUT2D eigenvalue weighted by Gasteiger charge is 2.29. The number of nitrogens with one attached hydrogen (secondary N) is 1. The number of thiophene rings is 1. The van der Waals surface area contributed by atoms with Crippen LogP contribution in [0.25, 0.3) is 0 Å². The van der Waals surface area contributed by atoms with Crippen molar-refractivity contribution in [3.05, 3.63) is 22.4 Å². The van der Waals surface area contributed by atoms with Crippen LogP contribution in [0, 0.1) is 11.8 Å². The Morgan fingerprint density at radius 3 is 2.60 bits per heavy atom. The lowest BCUT2D eigenvalue weighted by Crippen LogP contribution is -2.49. The fraction of sp³-hybridized carbons (Fsp3) is 0.667. The van der Waals surface area contributed by atoms with E-state index in [0.29, 0.717) is 32.0 Å². The predicted octanol–water partition coefficient (Wildman–Crippen LogP) is 2.44. The van der Waals surface area contributed by atoms with Crippen molar-refractivity contribution in [3.8, 4) is 0 Å². The Kier molecular flexibility index (Phi) is 9.46. The molecule has 2 rings (SSSR count). The highest BCUT2D eigenvalue weighted by atomic mass is 35.5. The van der Waals surface area contributed by atoms with Gasteiger partial charge in [0.25, 0.3) is 0 Å². The average Bonchev–Trinajstić information content (AvgIpc) is 3.07. The molecule has 1 saturated heterocycles. The molecule has 1 aromatic heterocycles. The summed E-state index contributed by atoms with van der Waals surface area (Å²) < 4.78 is 0. The van der Waals surface area contributed by atoms with Gasteiger partial charge in [-0.15, -0.1) is 23.7 Å². The van der Waals surface area contributed by atoms with Gasteiger partial charge in [0, 0.05) is 30.4 Å². The summed E-state index contributed by atoms with van der Waals surface area (Å²) in [4.78, 5) is 27.7. The smallest absolute Gasteiger partial charge is 0.239 e. The Labute approximate surface area is 160 Å². The molecule has 25 heavy (non-hydrogen) atoms. The lowest BCUT2D eigenvalue weighted by molar-refractivity contribution is -0.137. The summed E-state index contributed by atoms with van der Waals surface area (Å²) in [6.07, 6.45) is 3.04. The van der Waals surface area contributed by atoms with Crippen molar-refractivity contribution < 1.29 is 9.59 Å². The molecule has 5 nitrogen and oxygen atoms in total. The van der Waals surface area contributed by atoms with Crippen molar-refractivity contribution in [2.24, 2.45) is 17.6 Å². The lowest BCUT2D eigenvalue weighted by atomic mass is 9.94. The van der Waals surface area contributed by atoms with E-state index in [1.54, 1.807) is 11.3 Å². The molecule has 1 aliphatic heterocycles. The van der Waals surface area contributed by atoms with E-state index in [9.17, 15) is 9.59 Å². The molecule has 1 aliphatic rings. The second-order valence-corrected chi connectivity index (χ2v) is 7.99. The average molecular weight is 388 g/mol. The van der Waals surface area contributed by atoms with E-state index in [1.165, 1.54) is 4.88 Å². The van der Waals surface area contributed by atoms with Gasteiger partial charge in [-0.1, -0.05) is 19.9 Å². The summed E-state index contributed by atoms with van der Waals surface area (Å²) in [6, 6.07) is 3.70. The summed E-state index contributed by atoms with van der Waals surface area (Å²) in [5, 5.41) is 5.07. The molecule has 3 N–H and O–H groups in total. The molecule has 0 radical (unpaired) electrons. The second-order valence-electron chi connectivity index (χ2n) is 6.96. The van der Waals surface area contributed by atoms with Gasteiger partial charge in [0.05, 0.1) is 6.04 Å². The van der Waals surface area contributed by atoms with E-state index in [0.717, 1.165) is 19.3 Å². The Bertz CT molecular complexity index is 528. The maximum Gasteiger partial charge on any atom is 0.239 e. The van der Waals surface area contributed by atoms with Crippen LogP contribution < -0.4 is 11.1 Å². The first-order valence-corrected chi connectivity index (χ1v) is 9.69. The molecule has 0 bridgehead atoms. The van der Waals surface area contributed by atoms with Gasteiger partial charge in [-0.2, -0.15) is 0 Å². The quantitative estimate of drug-likeness (QED) is 0.754. The number of nitrogens with zero attached hydrogens (tertiary/aromatic N) is 1. The maximum atomic E-state index is 12.3. The normalized spacial score (nSPS) is 16.4. The molecule has 0 aromatic carbocycles. The van der Waals surface area contributed by atoms with Gasteiger partial charge >= 0.3 is 0 Å². The molecule has 1 fully saturated rings. The number of carbonyl (C=O) groups excluding carboxylic acids is 2. The van der Waals surface area contributed by atoms with Crippen LogP contribution in [0.5, 0.6) is 0 Å². The monoisotopic (exact) mass is 387 g/mol. The standard InChI is InChI=1S/C18H29N3O2S.ClH/c1-13(2)12-16(19)18(23)21-9-6-14(7-10-21)17(22)20-8-5-15-4-3-11-24-15;/h3-4,11,13-14,16H,5-10,12,19H2,1-2H3,(H,20,22);1H/t16-;/m0./s1. The van der Waals surface area contributed by atoms with Crippen molar-refractivity contribution in [3.63, 3.8) is 0 Å². The minimum absolute atomic E-state index is 0. The van der Waals surface area contributed by atoms with E-state index in [-0.39, 0.29) is 30.1 Å². The van der Waals surface area contributed by atoms with Crippen LogP contribution in [0.15, 0.2) is 17.5 Å². The Morgan fingerprint density at radius 2 is 2.04 bits per heavy atom. The van der Waals surface area contributed by atoms with Gasteiger partial charge in [-0.05, 0) is 43.0 Å². The zero-order valence-electron chi connectivity index (χ0n) is 15.1. The van der Waals surface area contributed by atoms with Crippen LogP contribution >= 0.6 is 23.7 Å². The number of piperidine rings is 1. The first kappa shape index (κ1) is 21.9. The minimum atomic E-state index is -0.416. The van der Waals surface area contributed by atoms with E-state index < -0.39 is 6.04 Å². The van der Waals surface area contributed by atoms with E-state index >= 15 is 0 Å². The van der Waals surface area contributed by atoms with Crippen molar-refractivity contribution >= 4 is 35.6 Å². The molecular formula is C18H30ClN3O2S. The lowest BCUT2D eigenvalue weighted by Gasteiger charge is -2.33. The molecule has 0 spiro atoms. The van der Waals surface area contributed by atoms with Gasteiger partial charge in [-0.25, -0.2) is 0 Å². The molecule has 1 aromatic rings.